The molecule has 0 aliphatic rings. The van der Waals surface area contributed by atoms with Gasteiger partial charge in [0.05, 0.1) is 0 Å². The Kier molecular flexibility index (Phi) is 5.03. The summed E-state index contributed by atoms with van der Waals surface area (Å²) in [6.07, 6.45) is 2.89. The lowest BCUT2D eigenvalue weighted by atomic mass is 9.94. The van der Waals surface area contributed by atoms with Crippen LogP contribution in [0, 0.1) is 6.92 Å². The first kappa shape index (κ1) is 17.0. The van der Waals surface area contributed by atoms with E-state index in [1.165, 1.54) is 5.56 Å². The van der Waals surface area contributed by atoms with Crippen LogP contribution in [0.1, 0.15) is 46.0 Å². The molecule has 0 amide bonds. The zero-order valence-corrected chi connectivity index (χ0v) is 14.8. The van der Waals surface area contributed by atoms with Gasteiger partial charge in [0.2, 0.25) is 0 Å². The molecule has 0 unspecified atom stereocenters. The minimum Gasteiger partial charge on any atom is -0.321 e. The summed E-state index contributed by atoms with van der Waals surface area (Å²) in [5.41, 5.74) is 3.59. The van der Waals surface area contributed by atoms with Crippen LogP contribution in [-0.4, -0.2) is 25.5 Å². The fourth-order valence-corrected chi connectivity index (χ4v) is 2.87. The van der Waals surface area contributed by atoms with Gasteiger partial charge in [0.25, 0.3) is 0 Å². The molecule has 1 atom stereocenters. The molecule has 5 nitrogen and oxygen atoms in total. The molecule has 25 heavy (non-hydrogen) atoms. The second kappa shape index (κ2) is 7.38. The van der Waals surface area contributed by atoms with E-state index in [9.17, 15) is 4.79 Å². The van der Waals surface area contributed by atoms with Crippen molar-refractivity contribution in [3.05, 3.63) is 77.1 Å². The van der Waals surface area contributed by atoms with Gasteiger partial charge in [0, 0.05) is 25.6 Å². The lowest BCUT2D eigenvalue weighted by Crippen LogP contribution is -2.08. The van der Waals surface area contributed by atoms with Crippen LogP contribution in [-0.2, 0) is 19.9 Å². The normalized spacial score (nSPS) is 12.1. The Morgan fingerprint density at radius 2 is 2.00 bits per heavy atom. The van der Waals surface area contributed by atoms with Crippen LogP contribution in [0.15, 0.2) is 48.8 Å². The molecule has 3 aromatic rings. The predicted molar refractivity (Wildman–Crippen MR) is 96.6 cm³/mol. The topological polar surface area (TPSA) is 60.7 Å². The Bertz CT molecular complexity index is 885. The second-order valence-electron chi connectivity index (χ2n) is 6.47. The van der Waals surface area contributed by atoms with Crippen molar-refractivity contribution in [3.8, 4) is 0 Å². The van der Waals surface area contributed by atoms with Crippen molar-refractivity contribution in [2.24, 2.45) is 7.05 Å². The number of pyridine rings is 1. The quantitative estimate of drug-likeness (QED) is 0.649. The van der Waals surface area contributed by atoms with Crippen molar-refractivity contribution in [2.45, 2.75) is 32.6 Å². The molecule has 0 spiro atoms. The number of nitrogens with zero attached hydrogens (tertiary/aromatic N) is 4. The largest absolute Gasteiger partial charge is 0.321 e. The van der Waals surface area contributed by atoms with Gasteiger partial charge >= 0.3 is 0 Å². The van der Waals surface area contributed by atoms with Gasteiger partial charge in [-0.2, -0.15) is 0 Å². The lowest BCUT2D eigenvalue weighted by Gasteiger charge is -2.12. The van der Waals surface area contributed by atoms with Crippen molar-refractivity contribution in [1.82, 2.24) is 19.7 Å². The molecule has 128 valence electrons. The van der Waals surface area contributed by atoms with Crippen LogP contribution in [0.3, 0.4) is 0 Å². The minimum absolute atomic E-state index is 0.0433. The molecule has 0 saturated heterocycles. The van der Waals surface area contributed by atoms with E-state index < -0.39 is 0 Å². The highest BCUT2D eigenvalue weighted by atomic mass is 16.1. The number of hydrogen-bond acceptors (Lipinski definition) is 4. The Balaban J connectivity index is 1.73. The number of benzene rings is 1. The van der Waals surface area contributed by atoms with E-state index in [0.717, 1.165) is 23.5 Å². The number of hydrogen-bond donors (Lipinski definition) is 0. The Labute approximate surface area is 147 Å². The van der Waals surface area contributed by atoms with Gasteiger partial charge < -0.3 is 4.57 Å². The van der Waals surface area contributed by atoms with Gasteiger partial charge in [-0.25, -0.2) is 0 Å². The van der Waals surface area contributed by atoms with Crippen molar-refractivity contribution < 1.29 is 4.79 Å². The Morgan fingerprint density at radius 3 is 2.72 bits per heavy atom. The minimum atomic E-state index is 0.0433. The third kappa shape index (κ3) is 4.18. The number of ketones is 1. The summed E-state index contributed by atoms with van der Waals surface area (Å²) in [6, 6.07) is 13.7. The van der Waals surface area contributed by atoms with E-state index in [0.29, 0.717) is 18.0 Å². The van der Waals surface area contributed by atoms with Gasteiger partial charge in [-0.3, -0.25) is 9.78 Å². The highest BCUT2D eigenvalue weighted by Crippen LogP contribution is 2.21. The van der Waals surface area contributed by atoms with Gasteiger partial charge in [-0.05, 0) is 36.1 Å². The van der Waals surface area contributed by atoms with Crippen molar-refractivity contribution in [2.75, 3.05) is 0 Å². The molecule has 0 fully saturated rings. The maximum absolute atomic E-state index is 12.5. The number of aryl methyl sites for hydroxylation is 2. The fraction of sp³-hybridized carbons (Fsp3) is 0.300. The highest BCUT2D eigenvalue weighted by Gasteiger charge is 2.13. The van der Waals surface area contributed by atoms with Gasteiger partial charge in [0.1, 0.15) is 17.8 Å². The van der Waals surface area contributed by atoms with Crippen LogP contribution in [0.25, 0.3) is 0 Å². The third-order valence-corrected chi connectivity index (χ3v) is 4.35. The highest BCUT2D eigenvalue weighted by molar-refractivity contribution is 5.95. The van der Waals surface area contributed by atoms with Crippen LogP contribution >= 0.6 is 0 Å². The monoisotopic (exact) mass is 334 g/mol. The molecule has 2 aromatic heterocycles. The maximum atomic E-state index is 12.5. The number of carbonyl (C=O) groups is 1. The summed E-state index contributed by atoms with van der Waals surface area (Å²) in [7, 11) is 1.95. The molecule has 2 heterocycles. The average Bonchev–Trinajstić information content (AvgIpc) is 3.00. The summed E-state index contributed by atoms with van der Waals surface area (Å²) < 4.78 is 1.94. The molecule has 5 heteroatoms. The first-order valence-corrected chi connectivity index (χ1v) is 8.41. The molecule has 0 saturated carbocycles. The predicted octanol–water partition coefficient (Wildman–Crippen LogP) is 3.29. The number of Topliss-reactive ketones (excluding diaryl/α,β-unsaturated/α-hetero) is 1. The van der Waals surface area contributed by atoms with Crippen molar-refractivity contribution in [3.63, 3.8) is 0 Å². The van der Waals surface area contributed by atoms with E-state index in [4.69, 9.17) is 0 Å². The summed E-state index contributed by atoms with van der Waals surface area (Å²) in [5, 5.41) is 8.08. The van der Waals surface area contributed by atoms with Crippen LogP contribution in [0.4, 0.5) is 0 Å². The standard InChI is InChI=1S/C20H22N4O/c1-14(10-20-23-21-13-24(20)3)17-8-5-7-16(11-17)12-19(25)18-9-4-6-15(2)22-18/h4-9,11,13-14H,10,12H2,1-3H3/t14-/m1/s1. The first-order chi connectivity index (χ1) is 12.0. The second-order valence-corrected chi connectivity index (χ2v) is 6.47. The number of aromatic nitrogens is 4. The SMILES string of the molecule is Cc1cccc(C(=O)Cc2cccc([C@H](C)Cc3nncn3C)c2)n1. The molecule has 0 aliphatic carbocycles. The molecule has 0 radical (unpaired) electrons. The first-order valence-electron chi connectivity index (χ1n) is 8.41. The molecule has 0 N–H and O–H groups in total. The average molecular weight is 334 g/mol. The van der Waals surface area contributed by atoms with Crippen LogP contribution < -0.4 is 0 Å². The van der Waals surface area contributed by atoms with E-state index in [-0.39, 0.29) is 5.78 Å². The van der Waals surface area contributed by atoms with Crippen molar-refractivity contribution in [1.29, 1.82) is 0 Å². The zero-order chi connectivity index (χ0) is 17.8. The maximum Gasteiger partial charge on any atom is 0.185 e. The van der Waals surface area contributed by atoms with Gasteiger partial charge in [-0.15, -0.1) is 10.2 Å². The molecule has 1 aromatic carbocycles. The fourth-order valence-electron chi connectivity index (χ4n) is 2.87. The zero-order valence-electron chi connectivity index (χ0n) is 14.8. The summed E-state index contributed by atoms with van der Waals surface area (Å²) >= 11 is 0. The molecule has 3 rings (SSSR count). The number of rotatable bonds is 6. The van der Waals surface area contributed by atoms with Gasteiger partial charge in [-0.1, -0.05) is 37.3 Å². The summed E-state index contributed by atoms with van der Waals surface area (Å²) in [6.45, 7) is 4.06. The number of carbonyl (C=O) groups excluding carboxylic acids is 1. The molecular formula is C20H22N4O. The van der Waals surface area contributed by atoms with E-state index in [2.05, 4.69) is 34.2 Å². The smallest absolute Gasteiger partial charge is 0.185 e. The van der Waals surface area contributed by atoms with Crippen LogP contribution in [0.5, 0.6) is 0 Å². The summed E-state index contributed by atoms with van der Waals surface area (Å²) in [5.74, 6) is 1.30. The van der Waals surface area contributed by atoms with E-state index in [1.807, 2.05) is 42.8 Å². The van der Waals surface area contributed by atoms with E-state index >= 15 is 0 Å². The van der Waals surface area contributed by atoms with Gasteiger partial charge in [0.15, 0.2) is 5.78 Å². The lowest BCUT2D eigenvalue weighted by molar-refractivity contribution is 0.0988. The molecular weight excluding hydrogens is 312 g/mol. The molecule has 0 bridgehead atoms. The Hall–Kier alpha value is -2.82. The van der Waals surface area contributed by atoms with Crippen molar-refractivity contribution >= 4 is 5.78 Å². The Morgan fingerprint density at radius 1 is 1.20 bits per heavy atom. The summed E-state index contributed by atoms with van der Waals surface area (Å²) in [4.78, 5) is 16.8. The third-order valence-electron chi connectivity index (χ3n) is 4.35. The van der Waals surface area contributed by atoms with Crippen LogP contribution in [0.2, 0.25) is 0 Å². The van der Waals surface area contributed by atoms with E-state index in [1.54, 1.807) is 12.4 Å². The molecule has 0 aliphatic heterocycles.